The lowest BCUT2D eigenvalue weighted by molar-refractivity contribution is 0.0274. The molecule has 1 unspecified atom stereocenters. The fraction of sp³-hybridized carbons (Fsp3) is 0.0500. The number of ether oxygens (including phenoxy) is 1. The molecule has 136 valence electrons. The van der Waals surface area contributed by atoms with Crippen LogP contribution in [0.2, 0.25) is 15.1 Å². The number of Topliss-reactive ketones (excluding diaryl/α,β-unsaturated/α-hetero) is 1. The second-order valence-corrected chi connectivity index (χ2v) is 6.67. The summed E-state index contributed by atoms with van der Waals surface area (Å²) >= 11 is 17.9. The molecule has 0 amide bonds. The van der Waals surface area contributed by atoms with Gasteiger partial charge in [-0.1, -0.05) is 95.5 Å². The molecule has 3 aromatic rings. The molecule has 0 saturated carbocycles. The zero-order chi connectivity index (χ0) is 19.4. The number of rotatable bonds is 5. The van der Waals surface area contributed by atoms with Gasteiger partial charge in [0.1, 0.15) is 0 Å². The molecule has 2 aromatic carbocycles. The van der Waals surface area contributed by atoms with Gasteiger partial charge in [-0.2, -0.15) is 0 Å². The normalized spacial score (nSPS) is 11.7. The van der Waals surface area contributed by atoms with Crippen LogP contribution in [0, 0.1) is 0 Å². The minimum Gasteiger partial charge on any atom is -0.444 e. The summed E-state index contributed by atoms with van der Waals surface area (Å²) in [5.74, 6) is -1.25. The molecule has 27 heavy (non-hydrogen) atoms. The number of carbonyl (C=O) groups excluding carboxylic acids is 2. The van der Waals surface area contributed by atoms with E-state index in [1.807, 2.05) is 0 Å². The van der Waals surface area contributed by atoms with Crippen LogP contribution in [0.5, 0.6) is 0 Å². The Balaban J connectivity index is 1.96. The van der Waals surface area contributed by atoms with Gasteiger partial charge >= 0.3 is 5.97 Å². The lowest BCUT2D eigenvalue weighted by Crippen LogP contribution is -2.21. The highest BCUT2D eigenvalue weighted by Gasteiger charge is 2.28. The predicted molar refractivity (Wildman–Crippen MR) is 105 cm³/mol. The van der Waals surface area contributed by atoms with E-state index in [4.69, 9.17) is 39.5 Å². The number of benzene rings is 2. The zero-order valence-electron chi connectivity index (χ0n) is 13.7. The second kappa shape index (κ2) is 8.53. The smallest absolute Gasteiger partial charge is 0.359 e. The molecule has 0 aliphatic carbocycles. The first-order valence-electron chi connectivity index (χ1n) is 7.83. The second-order valence-electron chi connectivity index (χ2n) is 5.51. The summed E-state index contributed by atoms with van der Waals surface area (Å²) in [6.07, 6.45) is 0.0385. The van der Waals surface area contributed by atoms with Crippen molar-refractivity contribution in [1.29, 1.82) is 0 Å². The first kappa shape index (κ1) is 19.4. The fourth-order valence-corrected chi connectivity index (χ4v) is 2.96. The van der Waals surface area contributed by atoms with E-state index in [0.717, 1.165) is 0 Å². The van der Waals surface area contributed by atoms with E-state index in [1.165, 1.54) is 6.20 Å². The third kappa shape index (κ3) is 4.30. The van der Waals surface area contributed by atoms with E-state index in [1.54, 1.807) is 60.7 Å². The van der Waals surface area contributed by atoms with Crippen LogP contribution in [-0.4, -0.2) is 16.7 Å². The van der Waals surface area contributed by atoms with Gasteiger partial charge in [0, 0.05) is 17.3 Å². The Morgan fingerprint density at radius 2 is 1.44 bits per heavy atom. The van der Waals surface area contributed by atoms with Crippen LogP contribution >= 0.6 is 34.8 Å². The van der Waals surface area contributed by atoms with Gasteiger partial charge in [-0.25, -0.2) is 9.78 Å². The summed E-state index contributed by atoms with van der Waals surface area (Å²) in [7, 11) is 0. The molecule has 3 rings (SSSR count). The van der Waals surface area contributed by atoms with Crippen molar-refractivity contribution in [2.45, 2.75) is 6.10 Å². The van der Waals surface area contributed by atoms with Gasteiger partial charge in [-0.15, -0.1) is 0 Å². The number of nitrogens with zero attached hydrogens (tertiary/aromatic N) is 1. The Labute approximate surface area is 170 Å². The lowest BCUT2D eigenvalue weighted by atomic mass is 10.00. The summed E-state index contributed by atoms with van der Waals surface area (Å²) < 4.78 is 5.48. The lowest BCUT2D eigenvalue weighted by Gasteiger charge is -2.18. The molecule has 0 aliphatic rings. The van der Waals surface area contributed by atoms with Crippen LogP contribution < -0.4 is 0 Å². The van der Waals surface area contributed by atoms with E-state index < -0.39 is 12.1 Å². The fourth-order valence-electron chi connectivity index (χ4n) is 2.40. The summed E-state index contributed by atoms with van der Waals surface area (Å²) in [6.45, 7) is 0. The van der Waals surface area contributed by atoms with Gasteiger partial charge in [0.25, 0.3) is 0 Å². The van der Waals surface area contributed by atoms with E-state index in [9.17, 15) is 9.59 Å². The average Bonchev–Trinajstić information content (AvgIpc) is 2.71. The van der Waals surface area contributed by atoms with Crippen LogP contribution in [0.1, 0.15) is 32.5 Å². The van der Waals surface area contributed by atoms with Gasteiger partial charge in [-0.3, -0.25) is 4.79 Å². The van der Waals surface area contributed by atoms with Crippen LogP contribution in [0.4, 0.5) is 0 Å². The zero-order valence-corrected chi connectivity index (χ0v) is 16.0. The summed E-state index contributed by atoms with van der Waals surface area (Å²) in [5, 5.41) is -0.0303. The van der Waals surface area contributed by atoms with Crippen molar-refractivity contribution in [3.8, 4) is 0 Å². The summed E-state index contributed by atoms with van der Waals surface area (Å²) in [6, 6.07) is 17.2. The highest BCUT2D eigenvalue weighted by atomic mass is 35.5. The van der Waals surface area contributed by atoms with Crippen molar-refractivity contribution < 1.29 is 14.3 Å². The highest BCUT2D eigenvalue weighted by Crippen LogP contribution is 2.32. The topological polar surface area (TPSA) is 56.3 Å². The number of carbonyl (C=O) groups is 2. The molecular formula is C20H12Cl3NO3. The van der Waals surface area contributed by atoms with E-state index in [2.05, 4.69) is 4.98 Å². The molecule has 0 fully saturated rings. The van der Waals surface area contributed by atoms with Crippen molar-refractivity contribution in [2.24, 2.45) is 0 Å². The van der Waals surface area contributed by atoms with Gasteiger partial charge in [-0.05, 0) is 0 Å². The number of hydrogen-bond donors (Lipinski definition) is 0. The maximum atomic E-state index is 12.9. The Bertz CT molecular complexity index is 979. The Hall–Kier alpha value is -2.40. The number of ketones is 1. The average molecular weight is 421 g/mol. The van der Waals surface area contributed by atoms with E-state index >= 15 is 0 Å². The van der Waals surface area contributed by atoms with E-state index in [-0.39, 0.29) is 26.5 Å². The van der Waals surface area contributed by atoms with Gasteiger partial charge < -0.3 is 4.74 Å². The third-order valence-electron chi connectivity index (χ3n) is 3.73. The number of aromatic nitrogens is 1. The Morgan fingerprint density at radius 1 is 0.852 bits per heavy atom. The molecule has 1 atom stereocenters. The monoisotopic (exact) mass is 419 g/mol. The molecule has 0 bridgehead atoms. The molecular weight excluding hydrogens is 409 g/mol. The van der Waals surface area contributed by atoms with Crippen molar-refractivity contribution in [1.82, 2.24) is 4.98 Å². The molecule has 7 heteroatoms. The molecule has 0 radical (unpaired) electrons. The summed E-state index contributed by atoms with van der Waals surface area (Å²) in [5.41, 5.74) is 0.719. The molecule has 1 aromatic heterocycles. The third-order valence-corrected chi connectivity index (χ3v) is 4.97. The van der Waals surface area contributed by atoms with Crippen LogP contribution in [0.15, 0.2) is 66.9 Å². The minimum atomic E-state index is -1.16. The molecule has 4 nitrogen and oxygen atoms in total. The molecule has 0 N–H and O–H groups in total. The molecule has 0 spiro atoms. The van der Waals surface area contributed by atoms with Gasteiger partial charge in [0.15, 0.2) is 11.8 Å². The van der Waals surface area contributed by atoms with Crippen molar-refractivity contribution in [3.63, 3.8) is 0 Å². The standard InChI is InChI=1S/C20H12Cl3NO3/c21-14-11-24-17(16(23)15(14)22)20(26)27-19(13-9-5-2-6-10-13)18(25)12-7-3-1-4-8-12/h1-11,19H. The molecule has 0 saturated heterocycles. The molecule has 1 heterocycles. The highest BCUT2D eigenvalue weighted by molar-refractivity contribution is 6.48. The number of pyridine rings is 1. The van der Waals surface area contributed by atoms with Gasteiger partial charge in [0.2, 0.25) is 5.78 Å². The number of esters is 1. The number of hydrogen-bond acceptors (Lipinski definition) is 4. The Kier molecular flexibility index (Phi) is 6.11. The van der Waals surface area contributed by atoms with Crippen LogP contribution in [0.3, 0.4) is 0 Å². The maximum Gasteiger partial charge on any atom is 0.359 e. The molecule has 0 aliphatic heterocycles. The largest absolute Gasteiger partial charge is 0.444 e. The van der Waals surface area contributed by atoms with Crippen molar-refractivity contribution >= 4 is 46.6 Å². The van der Waals surface area contributed by atoms with E-state index in [0.29, 0.717) is 11.1 Å². The minimum absolute atomic E-state index is 0.00840. The predicted octanol–water partition coefficient (Wildman–Crippen LogP) is 5.82. The Morgan fingerprint density at radius 3 is 2.07 bits per heavy atom. The quantitative estimate of drug-likeness (QED) is 0.385. The maximum absolute atomic E-state index is 12.9. The van der Waals surface area contributed by atoms with Crippen molar-refractivity contribution in [3.05, 3.63) is 98.7 Å². The SMILES string of the molecule is O=C(OC(C(=O)c1ccccc1)c1ccccc1)c1ncc(Cl)c(Cl)c1Cl. The van der Waals surface area contributed by atoms with Gasteiger partial charge in [0.05, 0.1) is 15.1 Å². The first-order valence-corrected chi connectivity index (χ1v) is 8.97. The van der Waals surface area contributed by atoms with Crippen LogP contribution in [0.25, 0.3) is 0 Å². The number of halogens is 3. The summed E-state index contributed by atoms with van der Waals surface area (Å²) in [4.78, 5) is 29.4. The van der Waals surface area contributed by atoms with Crippen molar-refractivity contribution in [2.75, 3.05) is 0 Å². The van der Waals surface area contributed by atoms with Crippen LogP contribution in [-0.2, 0) is 4.74 Å². The first-order chi connectivity index (χ1) is 13.0.